The zero-order valence-electron chi connectivity index (χ0n) is 36.3. The highest BCUT2D eigenvalue weighted by Gasteiger charge is 2.77. The van der Waals surface area contributed by atoms with Gasteiger partial charge in [-0.2, -0.15) is 0 Å². The van der Waals surface area contributed by atoms with Gasteiger partial charge in [0.1, 0.15) is 0 Å². The normalized spacial score (nSPS) is 24.4. The van der Waals surface area contributed by atoms with Crippen molar-refractivity contribution in [3.8, 4) is 0 Å². The summed E-state index contributed by atoms with van der Waals surface area (Å²) in [5, 5.41) is 89.7. The Hall–Kier alpha value is -7.44. The fourth-order valence-electron chi connectivity index (χ4n) is 24.9. The fourth-order valence-corrected chi connectivity index (χ4v) is 25.6. The van der Waals surface area contributed by atoms with Crippen molar-refractivity contribution in [3.05, 3.63) is 22.3 Å². The van der Waals surface area contributed by atoms with Crippen molar-refractivity contribution in [2.24, 2.45) is 0 Å². The van der Waals surface area contributed by atoms with E-state index in [1.54, 1.807) is 302 Å². The second-order valence-electron chi connectivity index (χ2n) is 26.5. The number of hydrogen-bond donors (Lipinski definition) is 0. The van der Waals surface area contributed by atoms with Crippen molar-refractivity contribution < 1.29 is 9.36 Å². The maximum Gasteiger partial charge on any atom is 0.215 e. The van der Waals surface area contributed by atoms with Crippen molar-refractivity contribution in [2.75, 3.05) is 0 Å². The van der Waals surface area contributed by atoms with Crippen LogP contribution in [0.3, 0.4) is 0 Å². The van der Waals surface area contributed by atoms with Crippen LogP contribution < -0.4 is 0 Å². The molecule has 0 amide bonds. The van der Waals surface area contributed by atoms with E-state index < -0.39 is 19.3 Å². The maximum atomic E-state index is 8.48. The Kier molecular flexibility index (Phi) is 2.21. The van der Waals surface area contributed by atoms with Crippen LogP contribution in [0.15, 0.2) is 0 Å². The molecule has 28 aromatic carbocycles. The molecule has 294 valence electrons. The second-order valence-corrected chi connectivity index (χ2v) is 30.9. The van der Waals surface area contributed by atoms with Gasteiger partial charge in [-0.15, -0.1) is 0 Å². The molecule has 1 aliphatic heterocycles. The summed E-state index contributed by atoms with van der Waals surface area (Å²) < 4.78 is 7.50. The molecule has 0 N–H and O–H groups in total. The molecule has 0 saturated carbocycles. The summed E-state index contributed by atoms with van der Waals surface area (Å²) in [6, 6.07) is -0.0556. The van der Waals surface area contributed by atoms with Crippen LogP contribution in [0.2, 0.25) is 19.6 Å². The molecule has 1 saturated heterocycles. The van der Waals surface area contributed by atoms with E-state index in [2.05, 4.69) is 31.8 Å². The Balaban J connectivity index is 1.20. The monoisotopic (exact) mass is 867 g/mol. The van der Waals surface area contributed by atoms with Gasteiger partial charge in [-0.25, -0.2) is 0 Å². The molecule has 1 unspecified atom stereocenters. The molecule has 5 aliphatic rings. The molecule has 0 aromatic heterocycles. The van der Waals surface area contributed by atoms with Crippen molar-refractivity contribution in [3.63, 3.8) is 0 Å². The van der Waals surface area contributed by atoms with Crippen molar-refractivity contribution in [1.82, 2.24) is 5.23 Å². The van der Waals surface area contributed by atoms with Gasteiger partial charge in [-0.1, -0.05) is 5.23 Å². The third kappa shape index (κ3) is 1.40. The van der Waals surface area contributed by atoms with Crippen LogP contribution in [-0.4, -0.2) is 19.6 Å². The number of rotatable bonds is 2. The summed E-state index contributed by atoms with van der Waals surface area (Å²) in [6.45, 7) is 9.66. The first-order chi connectivity index (χ1) is 34.0. The molecule has 1 fully saturated rings. The Morgan fingerprint density at radius 2 is 0.435 bits per heavy atom. The molecule has 1 atom stereocenters. The zero-order valence-corrected chi connectivity index (χ0v) is 37.3. The molecule has 28 aromatic rings. The minimum absolute atomic E-state index is 0.0556. The van der Waals surface area contributed by atoms with Gasteiger partial charge in [-0.3, -0.25) is 4.84 Å². The lowest BCUT2D eigenvalue weighted by molar-refractivity contribution is -0.340. The van der Waals surface area contributed by atoms with Crippen LogP contribution in [-0.2, 0) is 20.4 Å². The highest BCUT2D eigenvalue weighted by atomic mass is 28.4. The number of hydrogen-bond acceptors (Lipinski definition) is 3. The zero-order chi connectivity index (χ0) is 41.6. The van der Waals surface area contributed by atoms with E-state index in [1.165, 1.54) is 11.1 Å². The molecule has 4 heteroatoms. The first-order valence-corrected chi connectivity index (χ1v) is 29.3. The predicted octanol–water partition coefficient (Wildman–Crippen LogP) is 17.7. The average molecular weight is 868 g/mol. The molecular weight excluding hydrogens is 855 g/mol. The first kappa shape index (κ1) is 26.4. The Bertz CT molecular complexity index is 6970. The molecule has 3 nitrogen and oxygen atoms in total. The summed E-state index contributed by atoms with van der Waals surface area (Å²) in [6.07, 6.45) is 0. The summed E-state index contributed by atoms with van der Waals surface area (Å²) in [5.41, 5.74) is 5.06. The van der Waals surface area contributed by atoms with Crippen LogP contribution in [0, 0.1) is 0 Å². The molecule has 4 aliphatic carbocycles. The lowest BCUT2D eigenvalue weighted by Crippen LogP contribution is -2.53. The largest absolute Gasteiger partial charge is 0.321 e. The highest BCUT2D eigenvalue weighted by molar-refractivity contribution is 6.82. The summed E-state index contributed by atoms with van der Waals surface area (Å²) in [5.74, 6) is 0. The highest BCUT2D eigenvalue weighted by Crippen LogP contribution is 2.86. The van der Waals surface area contributed by atoms with Gasteiger partial charge in [0, 0.05) is 11.1 Å². The Morgan fingerprint density at radius 1 is 0.275 bits per heavy atom. The molecule has 69 heavy (non-hydrogen) atoms. The second kappa shape index (κ2) is 5.79. The van der Waals surface area contributed by atoms with Gasteiger partial charge in [0.05, 0.1) is 11.5 Å². The Morgan fingerprint density at radius 3 is 0.609 bits per heavy atom. The molecule has 33 rings (SSSR count). The van der Waals surface area contributed by atoms with Crippen LogP contribution in [0.5, 0.6) is 0 Å². The van der Waals surface area contributed by atoms with Gasteiger partial charge < -0.3 is 4.53 Å². The smallest absolute Gasteiger partial charge is 0.215 e. The van der Waals surface area contributed by atoms with Crippen molar-refractivity contribution in [1.29, 1.82) is 0 Å². The quantitative estimate of drug-likeness (QED) is 0.128. The van der Waals surface area contributed by atoms with E-state index in [4.69, 9.17) is 9.36 Å². The van der Waals surface area contributed by atoms with Crippen LogP contribution in [0.4, 0.5) is 0 Å². The van der Waals surface area contributed by atoms with E-state index in [-0.39, 0.29) is 6.04 Å². The van der Waals surface area contributed by atoms with Gasteiger partial charge >= 0.3 is 0 Å². The van der Waals surface area contributed by atoms with Crippen LogP contribution >= 0.6 is 0 Å². The summed E-state index contributed by atoms with van der Waals surface area (Å²) >= 11 is 0. The molecule has 1 heterocycles. The fraction of sp³-hybridized carbons (Fsp3) is 0.108. The third-order valence-electron chi connectivity index (χ3n) is 24.8. The predicted molar refractivity (Wildman–Crippen MR) is 291 cm³/mol. The van der Waals surface area contributed by atoms with E-state index >= 15 is 0 Å². The van der Waals surface area contributed by atoms with Gasteiger partial charge in [0.15, 0.2) is 5.60 Å². The van der Waals surface area contributed by atoms with Crippen LogP contribution in [0.25, 0.3) is 291 Å². The minimum Gasteiger partial charge on any atom is -0.321 e. The van der Waals surface area contributed by atoms with Gasteiger partial charge in [0.25, 0.3) is 0 Å². The van der Waals surface area contributed by atoms with E-state index in [1.807, 2.05) is 0 Å². The topological polar surface area (TPSA) is 21.7 Å². The first-order valence-electron chi connectivity index (χ1n) is 25.9. The average Bonchev–Trinajstić information content (AvgIpc) is 4.30. The van der Waals surface area contributed by atoms with E-state index in [9.17, 15) is 0 Å². The third-order valence-corrected chi connectivity index (χ3v) is 25.6. The molecule has 0 radical (unpaired) electrons. The molecule has 2 spiro atoms. The Labute approximate surface area is 377 Å². The number of nitrogens with zero attached hydrogens (tertiary/aromatic N) is 1. The standard InChI is InChI=1S/C65H13NO2Si/c1-5-64-60-52-44-34-24-16-8-6-7-10-14-12(8)20-28-22(14)32-26-18(10)19-11(7)15-13-9(6)17(16)25-31-21(13)29-23(15)33-27(19)37-36(26)48-42(32)50-40(28)46(38(44)30(20)24)54(60)56(50)62-58(48)59-49(37)43(33)51-41(29)47-39(31)45(35(25)34)53(52)61(64)55(47)57(51)63(59)65(62,64)67-66(5)68-69(2,3)4/h5H,1-4H3. The van der Waals surface area contributed by atoms with Gasteiger partial charge in [0.2, 0.25) is 8.32 Å². The van der Waals surface area contributed by atoms with Gasteiger partial charge in [-0.05, 0) is 329 Å². The molecular formula is C65H13NO2Si. The van der Waals surface area contributed by atoms with E-state index in [0.29, 0.717) is 0 Å². The molecule has 0 bridgehead atoms. The number of benzene rings is 18. The van der Waals surface area contributed by atoms with Crippen molar-refractivity contribution >= 4 is 299 Å². The van der Waals surface area contributed by atoms with Crippen LogP contribution in [0.1, 0.15) is 29.2 Å². The van der Waals surface area contributed by atoms with E-state index in [0.717, 1.165) is 0 Å². The van der Waals surface area contributed by atoms with Crippen molar-refractivity contribution in [2.45, 2.75) is 43.6 Å². The number of hydroxylamine groups is 2. The lowest BCUT2D eigenvalue weighted by Gasteiger charge is -2.48. The summed E-state index contributed by atoms with van der Waals surface area (Å²) in [7, 11) is -2.18. The maximum absolute atomic E-state index is 8.48. The minimum atomic E-state index is -2.18. The summed E-state index contributed by atoms with van der Waals surface area (Å²) in [4.78, 5) is 8.48. The lowest BCUT2D eigenvalue weighted by atomic mass is 9.52. The SMILES string of the molecule is CC1N(O[Si](C)(C)C)OC23c4c5c6c7c8c9c(c%10c%11c2c2c4c4c%12c5c5c6c6c8c8c%13c9c9c%10c%10c%11c%11c2c2c4c4c%12c%12c5c5c6c8c6c8c%13c9c9c%10c%10c%11c2c2c4c4c%12c5c6c5c8c9c%10c2c45)C713.